The number of aryl methyl sites for hydroxylation is 1. The van der Waals surface area contributed by atoms with Gasteiger partial charge < -0.3 is 5.32 Å². The second kappa shape index (κ2) is 8.46. The molecule has 2 aromatic carbocycles. The van der Waals surface area contributed by atoms with Crippen LogP contribution in [0, 0.1) is 6.92 Å². The van der Waals surface area contributed by atoms with Crippen LogP contribution in [-0.2, 0) is 6.54 Å². The molecule has 2 rings (SSSR count). The van der Waals surface area contributed by atoms with Crippen molar-refractivity contribution in [2.75, 3.05) is 18.4 Å². The molecule has 0 spiro atoms. The zero-order valence-electron chi connectivity index (χ0n) is 14.8. The monoisotopic (exact) mass is 322 g/mol. The van der Waals surface area contributed by atoms with Gasteiger partial charge in [0.15, 0.2) is 0 Å². The Morgan fingerprint density at radius 3 is 2.38 bits per heavy atom. The minimum atomic E-state index is -0.0692. The molecular weight excluding hydrogens is 296 g/mol. The molecule has 0 saturated heterocycles. The molecule has 0 aliphatic heterocycles. The Kier molecular flexibility index (Phi) is 6.33. The molecule has 1 N–H and O–H groups in total. The van der Waals surface area contributed by atoms with Crippen molar-refractivity contribution in [2.45, 2.75) is 27.3 Å². The fraction of sp³-hybridized carbons (Fsp3) is 0.286. The van der Waals surface area contributed by atoms with Crippen molar-refractivity contribution in [2.24, 2.45) is 0 Å². The SMILES string of the molecule is C=Cc1ccc(NC(=O)c2cc(CN(CC)CC)ccc2C)cc1. The zero-order valence-corrected chi connectivity index (χ0v) is 14.8. The number of benzene rings is 2. The number of hydrogen-bond acceptors (Lipinski definition) is 2. The van der Waals surface area contributed by atoms with Gasteiger partial charge in [0, 0.05) is 17.8 Å². The van der Waals surface area contributed by atoms with E-state index in [1.807, 2.05) is 43.3 Å². The summed E-state index contributed by atoms with van der Waals surface area (Å²) in [5.74, 6) is -0.0692. The Morgan fingerprint density at radius 2 is 1.79 bits per heavy atom. The van der Waals surface area contributed by atoms with Crippen molar-refractivity contribution in [3.63, 3.8) is 0 Å². The van der Waals surface area contributed by atoms with Crippen LogP contribution in [0.15, 0.2) is 49.0 Å². The lowest BCUT2D eigenvalue weighted by molar-refractivity contribution is 0.102. The van der Waals surface area contributed by atoms with Crippen LogP contribution in [0.2, 0.25) is 0 Å². The third kappa shape index (κ3) is 4.56. The van der Waals surface area contributed by atoms with E-state index in [4.69, 9.17) is 0 Å². The fourth-order valence-electron chi connectivity index (χ4n) is 2.62. The van der Waals surface area contributed by atoms with Gasteiger partial charge >= 0.3 is 0 Å². The third-order valence-corrected chi connectivity index (χ3v) is 4.25. The highest BCUT2D eigenvalue weighted by Crippen LogP contribution is 2.16. The van der Waals surface area contributed by atoms with Gasteiger partial charge in [-0.15, -0.1) is 0 Å². The molecule has 0 fully saturated rings. The molecule has 0 saturated carbocycles. The predicted molar refractivity (Wildman–Crippen MR) is 102 cm³/mol. The van der Waals surface area contributed by atoms with Crippen LogP contribution in [0.1, 0.15) is 40.9 Å². The Labute approximate surface area is 145 Å². The van der Waals surface area contributed by atoms with E-state index < -0.39 is 0 Å². The van der Waals surface area contributed by atoms with Gasteiger partial charge in [-0.1, -0.05) is 50.8 Å². The van der Waals surface area contributed by atoms with Crippen molar-refractivity contribution in [3.8, 4) is 0 Å². The number of rotatable bonds is 7. The summed E-state index contributed by atoms with van der Waals surface area (Å²) in [6, 6.07) is 13.8. The molecule has 0 unspecified atom stereocenters. The van der Waals surface area contributed by atoms with Crippen LogP contribution < -0.4 is 5.32 Å². The second-order valence-corrected chi connectivity index (χ2v) is 5.89. The predicted octanol–water partition coefficient (Wildman–Crippen LogP) is 4.73. The Hall–Kier alpha value is -2.39. The molecule has 0 aromatic heterocycles. The van der Waals surface area contributed by atoms with Gasteiger partial charge in [0.1, 0.15) is 0 Å². The molecular formula is C21H26N2O. The minimum absolute atomic E-state index is 0.0692. The van der Waals surface area contributed by atoms with E-state index in [1.165, 1.54) is 0 Å². The van der Waals surface area contributed by atoms with E-state index in [0.29, 0.717) is 0 Å². The van der Waals surface area contributed by atoms with Crippen LogP contribution in [0.3, 0.4) is 0 Å². The molecule has 0 atom stereocenters. The molecule has 2 aromatic rings. The third-order valence-electron chi connectivity index (χ3n) is 4.25. The molecule has 0 heterocycles. The quantitative estimate of drug-likeness (QED) is 0.799. The summed E-state index contributed by atoms with van der Waals surface area (Å²) < 4.78 is 0. The van der Waals surface area contributed by atoms with Crippen molar-refractivity contribution in [1.82, 2.24) is 4.90 Å². The van der Waals surface area contributed by atoms with Gasteiger partial charge in [0.25, 0.3) is 5.91 Å². The number of hydrogen-bond donors (Lipinski definition) is 1. The molecule has 0 aliphatic rings. The maximum atomic E-state index is 12.6. The first-order valence-electron chi connectivity index (χ1n) is 8.43. The summed E-state index contributed by atoms with van der Waals surface area (Å²) in [5, 5.41) is 2.97. The molecule has 24 heavy (non-hydrogen) atoms. The van der Waals surface area contributed by atoms with E-state index in [-0.39, 0.29) is 5.91 Å². The Bertz CT molecular complexity index is 700. The minimum Gasteiger partial charge on any atom is -0.322 e. The first kappa shape index (κ1) is 18.0. The van der Waals surface area contributed by atoms with E-state index in [9.17, 15) is 4.79 Å². The molecule has 0 radical (unpaired) electrons. The van der Waals surface area contributed by atoms with Gasteiger partial charge in [-0.2, -0.15) is 0 Å². The molecule has 1 amide bonds. The highest BCUT2D eigenvalue weighted by atomic mass is 16.1. The van der Waals surface area contributed by atoms with E-state index in [0.717, 1.165) is 47.6 Å². The van der Waals surface area contributed by atoms with Gasteiger partial charge in [0.05, 0.1) is 0 Å². The summed E-state index contributed by atoms with van der Waals surface area (Å²) in [5.41, 5.74) is 4.70. The van der Waals surface area contributed by atoms with E-state index >= 15 is 0 Å². The van der Waals surface area contributed by atoms with Crippen molar-refractivity contribution in [1.29, 1.82) is 0 Å². The second-order valence-electron chi connectivity index (χ2n) is 5.89. The van der Waals surface area contributed by atoms with Crippen molar-refractivity contribution in [3.05, 3.63) is 71.3 Å². The van der Waals surface area contributed by atoms with Crippen LogP contribution >= 0.6 is 0 Å². The van der Waals surface area contributed by atoms with Gasteiger partial charge in [-0.25, -0.2) is 0 Å². The molecule has 0 aliphatic carbocycles. The summed E-state index contributed by atoms with van der Waals surface area (Å²) in [6.45, 7) is 12.9. The summed E-state index contributed by atoms with van der Waals surface area (Å²) in [6.07, 6.45) is 1.78. The Balaban J connectivity index is 2.16. The van der Waals surface area contributed by atoms with Gasteiger partial charge in [-0.3, -0.25) is 9.69 Å². The number of nitrogens with zero attached hydrogens (tertiary/aromatic N) is 1. The standard InChI is InChI=1S/C21H26N2O/c1-5-17-10-12-19(13-11-17)22-21(24)20-14-18(9-8-16(20)4)15-23(6-2)7-3/h5,8-14H,1,6-7,15H2,2-4H3,(H,22,24). The van der Waals surface area contributed by atoms with E-state index in [2.05, 4.69) is 36.7 Å². The lowest BCUT2D eigenvalue weighted by atomic mass is 10.0. The number of amides is 1. The van der Waals surface area contributed by atoms with Crippen molar-refractivity contribution >= 4 is 17.7 Å². The number of carbonyl (C=O) groups is 1. The lowest BCUT2D eigenvalue weighted by Crippen LogP contribution is -2.22. The maximum absolute atomic E-state index is 12.6. The average Bonchev–Trinajstić information content (AvgIpc) is 2.61. The largest absolute Gasteiger partial charge is 0.322 e. The summed E-state index contributed by atoms with van der Waals surface area (Å²) in [7, 11) is 0. The fourth-order valence-corrected chi connectivity index (χ4v) is 2.62. The molecule has 3 nitrogen and oxygen atoms in total. The summed E-state index contributed by atoms with van der Waals surface area (Å²) >= 11 is 0. The summed E-state index contributed by atoms with van der Waals surface area (Å²) in [4.78, 5) is 15.0. The molecule has 0 bridgehead atoms. The average molecular weight is 322 g/mol. The van der Waals surface area contributed by atoms with Crippen LogP contribution in [-0.4, -0.2) is 23.9 Å². The lowest BCUT2D eigenvalue weighted by Gasteiger charge is -2.19. The van der Waals surface area contributed by atoms with Crippen molar-refractivity contribution < 1.29 is 4.79 Å². The zero-order chi connectivity index (χ0) is 17.5. The van der Waals surface area contributed by atoms with Gasteiger partial charge in [-0.05, 0) is 54.9 Å². The van der Waals surface area contributed by atoms with Crippen LogP contribution in [0.4, 0.5) is 5.69 Å². The highest BCUT2D eigenvalue weighted by Gasteiger charge is 2.11. The van der Waals surface area contributed by atoms with Crippen LogP contribution in [0.25, 0.3) is 6.08 Å². The van der Waals surface area contributed by atoms with E-state index in [1.54, 1.807) is 6.08 Å². The highest BCUT2D eigenvalue weighted by molar-refractivity contribution is 6.05. The first-order chi connectivity index (χ1) is 11.6. The number of anilines is 1. The maximum Gasteiger partial charge on any atom is 0.255 e. The van der Waals surface area contributed by atoms with Crippen LogP contribution in [0.5, 0.6) is 0 Å². The smallest absolute Gasteiger partial charge is 0.255 e. The van der Waals surface area contributed by atoms with Gasteiger partial charge in [0.2, 0.25) is 0 Å². The number of carbonyl (C=O) groups excluding carboxylic acids is 1. The normalized spacial score (nSPS) is 10.7. The molecule has 3 heteroatoms. The topological polar surface area (TPSA) is 32.3 Å². The first-order valence-corrected chi connectivity index (χ1v) is 8.43. The molecule has 126 valence electrons. The Morgan fingerprint density at radius 1 is 1.12 bits per heavy atom. The number of nitrogens with one attached hydrogen (secondary N) is 1.